The summed E-state index contributed by atoms with van der Waals surface area (Å²) in [5.41, 5.74) is 0.617. The number of nitrogens with one attached hydrogen (secondary N) is 1. The molecule has 0 saturated heterocycles. The fraction of sp³-hybridized carbons (Fsp3) is 0.222. The molecule has 0 radical (unpaired) electrons. The summed E-state index contributed by atoms with van der Waals surface area (Å²) in [5, 5.41) is 2.86. The summed E-state index contributed by atoms with van der Waals surface area (Å²) in [5.74, 6) is -0.160. The van der Waals surface area contributed by atoms with Crippen molar-refractivity contribution in [2.45, 2.75) is 26.4 Å². The summed E-state index contributed by atoms with van der Waals surface area (Å²) in [6.45, 7) is 5.38. The van der Waals surface area contributed by atoms with E-state index in [0.717, 1.165) is 0 Å². The van der Waals surface area contributed by atoms with E-state index >= 15 is 0 Å². The van der Waals surface area contributed by atoms with Crippen molar-refractivity contribution in [3.63, 3.8) is 0 Å². The number of hydrogen-bond acceptors (Lipinski definition) is 5. The highest BCUT2D eigenvalue weighted by Gasteiger charge is 2.19. The number of H-pyrrole nitrogens is 1. The molecule has 0 unspecified atom stereocenters. The zero-order chi connectivity index (χ0) is 18.0. The Morgan fingerprint density at radius 2 is 2.04 bits per heavy atom. The van der Waals surface area contributed by atoms with Crippen LogP contribution >= 0.6 is 0 Å². The lowest BCUT2D eigenvalue weighted by Crippen LogP contribution is -2.24. The van der Waals surface area contributed by atoms with Crippen molar-refractivity contribution < 1.29 is 9.53 Å². The second kappa shape index (κ2) is 6.35. The van der Waals surface area contributed by atoms with Crippen LogP contribution in [0.3, 0.4) is 0 Å². The maximum absolute atomic E-state index is 12.6. The standard InChI is InChI=1S/C18H18N4O3/c1-18(2,3)25-17(24)12-6-8-20-15(9-12)22-16(23)14(11-21-22)13-5-4-7-19-10-13/h4-11,21H,1-3H3. The Morgan fingerprint density at radius 3 is 2.72 bits per heavy atom. The van der Waals surface area contributed by atoms with Crippen molar-refractivity contribution in [3.8, 4) is 16.9 Å². The van der Waals surface area contributed by atoms with E-state index in [2.05, 4.69) is 15.1 Å². The number of pyridine rings is 2. The molecule has 7 nitrogen and oxygen atoms in total. The summed E-state index contributed by atoms with van der Waals surface area (Å²) in [7, 11) is 0. The normalized spacial score (nSPS) is 11.3. The SMILES string of the molecule is CC(C)(C)OC(=O)c1ccnc(-n2[nH]cc(-c3cccnc3)c2=O)c1. The summed E-state index contributed by atoms with van der Waals surface area (Å²) in [6.07, 6.45) is 6.30. The summed E-state index contributed by atoms with van der Waals surface area (Å²) in [6, 6.07) is 6.62. The molecule has 0 aliphatic carbocycles. The molecule has 0 spiro atoms. The number of nitrogens with zero attached hydrogens (tertiary/aromatic N) is 3. The average molecular weight is 338 g/mol. The fourth-order valence-corrected chi connectivity index (χ4v) is 2.27. The highest BCUT2D eigenvalue weighted by molar-refractivity contribution is 5.90. The van der Waals surface area contributed by atoms with Gasteiger partial charge < -0.3 is 4.74 Å². The predicted octanol–water partition coefficient (Wildman–Crippen LogP) is 2.58. The highest BCUT2D eigenvalue weighted by atomic mass is 16.6. The quantitative estimate of drug-likeness (QED) is 0.741. The molecule has 25 heavy (non-hydrogen) atoms. The van der Waals surface area contributed by atoms with Gasteiger partial charge in [-0.05, 0) is 39.0 Å². The second-order valence-corrected chi connectivity index (χ2v) is 6.47. The zero-order valence-electron chi connectivity index (χ0n) is 14.2. The first-order valence-electron chi connectivity index (χ1n) is 7.76. The predicted molar refractivity (Wildman–Crippen MR) is 92.6 cm³/mol. The molecule has 3 heterocycles. The minimum Gasteiger partial charge on any atom is -0.456 e. The molecule has 0 bridgehead atoms. The van der Waals surface area contributed by atoms with E-state index in [1.807, 2.05) is 0 Å². The van der Waals surface area contributed by atoms with Crippen LogP contribution in [-0.4, -0.2) is 31.3 Å². The van der Waals surface area contributed by atoms with Gasteiger partial charge in [-0.25, -0.2) is 14.5 Å². The van der Waals surface area contributed by atoms with Gasteiger partial charge in [0, 0.05) is 30.4 Å². The maximum Gasteiger partial charge on any atom is 0.338 e. The van der Waals surface area contributed by atoms with Crippen LogP contribution in [0.15, 0.2) is 53.8 Å². The van der Waals surface area contributed by atoms with Crippen molar-refractivity contribution in [2.75, 3.05) is 0 Å². The molecule has 0 aliphatic rings. The van der Waals surface area contributed by atoms with E-state index in [4.69, 9.17) is 4.74 Å². The van der Waals surface area contributed by atoms with Gasteiger partial charge in [-0.1, -0.05) is 6.07 Å². The van der Waals surface area contributed by atoms with E-state index < -0.39 is 11.6 Å². The van der Waals surface area contributed by atoms with Gasteiger partial charge in [0.25, 0.3) is 5.56 Å². The number of ether oxygens (including phenoxy) is 1. The number of hydrogen-bond donors (Lipinski definition) is 1. The van der Waals surface area contributed by atoms with E-state index in [9.17, 15) is 9.59 Å². The van der Waals surface area contributed by atoms with Crippen molar-refractivity contribution in [2.24, 2.45) is 0 Å². The fourth-order valence-electron chi connectivity index (χ4n) is 2.27. The Hall–Kier alpha value is -3.22. The van der Waals surface area contributed by atoms with Crippen LogP contribution in [0.2, 0.25) is 0 Å². The molecule has 0 amide bonds. The summed E-state index contributed by atoms with van der Waals surface area (Å²) in [4.78, 5) is 33.0. The minimum absolute atomic E-state index is 0.276. The van der Waals surface area contributed by atoms with E-state index in [1.165, 1.54) is 16.9 Å². The Bertz CT molecular complexity index is 952. The number of aromatic amines is 1. The van der Waals surface area contributed by atoms with Crippen LogP contribution in [0.25, 0.3) is 16.9 Å². The number of rotatable bonds is 3. The molecule has 0 atom stereocenters. The lowest BCUT2D eigenvalue weighted by Gasteiger charge is -2.19. The van der Waals surface area contributed by atoms with Crippen molar-refractivity contribution in [1.82, 2.24) is 19.7 Å². The van der Waals surface area contributed by atoms with Crippen LogP contribution in [0.4, 0.5) is 0 Å². The Morgan fingerprint density at radius 1 is 1.24 bits per heavy atom. The molecule has 0 aliphatic heterocycles. The Balaban J connectivity index is 1.96. The third kappa shape index (κ3) is 3.65. The molecule has 3 rings (SSSR count). The van der Waals surface area contributed by atoms with Gasteiger partial charge in [0.2, 0.25) is 0 Å². The van der Waals surface area contributed by atoms with Crippen molar-refractivity contribution in [1.29, 1.82) is 0 Å². The van der Waals surface area contributed by atoms with Crippen LogP contribution in [-0.2, 0) is 4.74 Å². The van der Waals surface area contributed by atoms with Crippen LogP contribution in [0.1, 0.15) is 31.1 Å². The number of esters is 1. The van der Waals surface area contributed by atoms with Gasteiger partial charge in [0.15, 0.2) is 5.82 Å². The Labute approximate surface area is 144 Å². The van der Waals surface area contributed by atoms with Gasteiger partial charge in [0.05, 0.1) is 11.1 Å². The number of aromatic nitrogens is 4. The van der Waals surface area contributed by atoms with Gasteiger partial charge in [-0.15, -0.1) is 0 Å². The van der Waals surface area contributed by atoms with Crippen molar-refractivity contribution in [3.05, 3.63) is 65.0 Å². The molecule has 3 aromatic rings. The first-order valence-corrected chi connectivity index (χ1v) is 7.76. The monoisotopic (exact) mass is 338 g/mol. The molecule has 0 fully saturated rings. The lowest BCUT2D eigenvalue weighted by molar-refractivity contribution is 0.00693. The largest absolute Gasteiger partial charge is 0.456 e. The molecular formula is C18H18N4O3. The third-order valence-electron chi connectivity index (χ3n) is 3.35. The molecule has 0 saturated carbocycles. The van der Waals surface area contributed by atoms with Crippen LogP contribution < -0.4 is 5.56 Å². The smallest absolute Gasteiger partial charge is 0.338 e. The lowest BCUT2D eigenvalue weighted by atomic mass is 10.2. The second-order valence-electron chi connectivity index (χ2n) is 6.47. The molecule has 1 N–H and O–H groups in total. The van der Waals surface area contributed by atoms with Gasteiger partial charge in [-0.3, -0.25) is 14.9 Å². The number of carbonyl (C=O) groups excluding carboxylic acids is 1. The average Bonchev–Trinajstić information content (AvgIpc) is 2.96. The molecular weight excluding hydrogens is 320 g/mol. The minimum atomic E-state index is -0.600. The zero-order valence-corrected chi connectivity index (χ0v) is 14.2. The van der Waals surface area contributed by atoms with E-state index in [1.54, 1.807) is 57.6 Å². The summed E-state index contributed by atoms with van der Waals surface area (Å²) < 4.78 is 6.62. The van der Waals surface area contributed by atoms with Crippen molar-refractivity contribution >= 4 is 5.97 Å². The van der Waals surface area contributed by atoms with Crippen LogP contribution in [0, 0.1) is 0 Å². The molecule has 7 heteroatoms. The summed E-state index contributed by atoms with van der Waals surface area (Å²) >= 11 is 0. The van der Waals surface area contributed by atoms with Crippen LogP contribution in [0.5, 0.6) is 0 Å². The van der Waals surface area contributed by atoms with Gasteiger partial charge >= 0.3 is 5.97 Å². The maximum atomic E-state index is 12.6. The van der Waals surface area contributed by atoms with E-state index in [-0.39, 0.29) is 5.56 Å². The molecule has 3 aromatic heterocycles. The highest BCUT2D eigenvalue weighted by Crippen LogP contribution is 2.15. The third-order valence-corrected chi connectivity index (χ3v) is 3.35. The van der Waals surface area contributed by atoms with E-state index in [0.29, 0.717) is 22.5 Å². The number of carbonyl (C=O) groups is 1. The Kier molecular flexibility index (Phi) is 4.22. The topological polar surface area (TPSA) is 89.9 Å². The van der Waals surface area contributed by atoms with Gasteiger partial charge in [-0.2, -0.15) is 0 Å². The first-order chi connectivity index (χ1) is 11.8. The molecule has 128 valence electrons. The molecule has 0 aromatic carbocycles. The first kappa shape index (κ1) is 16.6. The van der Waals surface area contributed by atoms with Gasteiger partial charge in [0.1, 0.15) is 5.60 Å².